The van der Waals surface area contributed by atoms with Crippen LogP contribution >= 0.6 is 11.8 Å². The lowest BCUT2D eigenvalue weighted by molar-refractivity contribution is -0.119. The first kappa shape index (κ1) is 15.7. The molecule has 6 nitrogen and oxygen atoms in total. The van der Waals surface area contributed by atoms with Gasteiger partial charge in [-0.3, -0.25) is 15.2 Å². The predicted octanol–water partition coefficient (Wildman–Crippen LogP) is 2.76. The fraction of sp³-hybridized carbons (Fsp3) is 0.357. The van der Waals surface area contributed by atoms with Crippen molar-refractivity contribution in [2.45, 2.75) is 13.0 Å². The van der Waals surface area contributed by atoms with Crippen molar-refractivity contribution in [2.24, 2.45) is 5.92 Å². The standard InChI is InChI=1S/C14H14F2N4O2S/c15-13(16)22-10-3-1-2-8(6-10)11-17-14(20-19-11)18-12(21)9-4-5-23-7-9/h1-3,6,9,13H,4-5,7H2,(H2,17,18,19,20,21). The molecule has 1 saturated heterocycles. The van der Waals surface area contributed by atoms with Crippen molar-refractivity contribution in [1.29, 1.82) is 0 Å². The first-order valence-corrected chi connectivity index (χ1v) is 8.13. The molecule has 1 aliphatic heterocycles. The van der Waals surface area contributed by atoms with Crippen molar-refractivity contribution in [3.05, 3.63) is 24.3 Å². The second-order valence-corrected chi connectivity index (χ2v) is 6.11. The molecule has 2 aromatic rings. The molecule has 1 amide bonds. The zero-order valence-corrected chi connectivity index (χ0v) is 12.8. The number of hydrogen-bond donors (Lipinski definition) is 2. The molecular formula is C14H14F2N4O2S. The number of rotatable bonds is 5. The molecular weight excluding hydrogens is 326 g/mol. The van der Waals surface area contributed by atoms with Crippen LogP contribution in [0.1, 0.15) is 6.42 Å². The van der Waals surface area contributed by atoms with E-state index in [1.165, 1.54) is 12.1 Å². The summed E-state index contributed by atoms with van der Waals surface area (Å²) in [6.45, 7) is -2.89. The molecule has 1 fully saturated rings. The van der Waals surface area contributed by atoms with Gasteiger partial charge in [-0.15, -0.1) is 5.10 Å². The number of anilines is 1. The number of ether oxygens (including phenoxy) is 1. The van der Waals surface area contributed by atoms with Gasteiger partial charge in [0.15, 0.2) is 5.82 Å². The van der Waals surface area contributed by atoms with E-state index in [-0.39, 0.29) is 23.5 Å². The molecule has 0 aliphatic carbocycles. The van der Waals surface area contributed by atoms with Crippen LogP contribution in [0.5, 0.6) is 5.75 Å². The first-order chi connectivity index (χ1) is 11.1. The van der Waals surface area contributed by atoms with E-state index in [0.717, 1.165) is 17.9 Å². The lowest BCUT2D eigenvalue weighted by Crippen LogP contribution is -2.22. The Labute approximate surface area is 135 Å². The Hall–Kier alpha value is -2.16. The van der Waals surface area contributed by atoms with E-state index in [4.69, 9.17) is 0 Å². The second kappa shape index (κ2) is 6.95. The molecule has 1 aliphatic rings. The lowest BCUT2D eigenvalue weighted by atomic mass is 10.1. The number of halogens is 2. The van der Waals surface area contributed by atoms with Crippen LogP contribution in [0.4, 0.5) is 14.7 Å². The molecule has 9 heteroatoms. The maximum Gasteiger partial charge on any atom is 0.387 e. The summed E-state index contributed by atoms with van der Waals surface area (Å²) >= 11 is 1.74. The number of alkyl halides is 2. The molecule has 2 N–H and O–H groups in total. The predicted molar refractivity (Wildman–Crippen MR) is 82.5 cm³/mol. The monoisotopic (exact) mass is 340 g/mol. The third-order valence-electron chi connectivity index (χ3n) is 3.35. The van der Waals surface area contributed by atoms with E-state index in [1.807, 2.05) is 0 Å². The maximum atomic E-state index is 12.2. The summed E-state index contributed by atoms with van der Waals surface area (Å²) in [4.78, 5) is 16.2. The van der Waals surface area contributed by atoms with Crippen molar-refractivity contribution >= 4 is 23.6 Å². The zero-order valence-electron chi connectivity index (χ0n) is 12.0. The van der Waals surface area contributed by atoms with Gasteiger partial charge in [0, 0.05) is 17.2 Å². The number of H-pyrrole nitrogens is 1. The Morgan fingerprint density at radius 2 is 2.35 bits per heavy atom. The molecule has 1 atom stereocenters. The minimum absolute atomic E-state index is 0.0234. The largest absolute Gasteiger partial charge is 0.435 e. The van der Waals surface area contributed by atoms with Crippen molar-refractivity contribution in [2.75, 3.05) is 16.8 Å². The second-order valence-electron chi connectivity index (χ2n) is 4.96. The fourth-order valence-electron chi connectivity index (χ4n) is 2.22. The Morgan fingerprint density at radius 3 is 3.09 bits per heavy atom. The summed E-state index contributed by atoms with van der Waals surface area (Å²) in [5, 5.41) is 9.27. The number of benzene rings is 1. The Morgan fingerprint density at radius 1 is 1.48 bits per heavy atom. The smallest absolute Gasteiger partial charge is 0.387 e. The number of carbonyl (C=O) groups excluding carboxylic acids is 1. The van der Waals surface area contributed by atoms with Crippen LogP contribution in [0.3, 0.4) is 0 Å². The zero-order chi connectivity index (χ0) is 16.2. The summed E-state index contributed by atoms with van der Waals surface area (Å²) in [7, 11) is 0. The van der Waals surface area contributed by atoms with Crippen molar-refractivity contribution < 1.29 is 18.3 Å². The SMILES string of the molecule is O=C(Nc1n[nH]c(-c2cccc(OC(F)F)c2)n1)C1CCSC1. The van der Waals surface area contributed by atoms with Gasteiger partial charge < -0.3 is 4.74 Å². The topological polar surface area (TPSA) is 79.9 Å². The van der Waals surface area contributed by atoms with Crippen molar-refractivity contribution in [3.8, 4) is 17.1 Å². The average molecular weight is 340 g/mol. The number of nitrogens with zero attached hydrogens (tertiary/aromatic N) is 2. The number of amides is 1. The molecule has 3 rings (SSSR count). The summed E-state index contributed by atoms with van der Waals surface area (Å²) in [5.74, 6) is 2.22. The third-order valence-corrected chi connectivity index (χ3v) is 4.52. The van der Waals surface area contributed by atoms with E-state index in [2.05, 4.69) is 25.2 Å². The first-order valence-electron chi connectivity index (χ1n) is 6.98. The minimum Gasteiger partial charge on any atom is -0.435 e. The van der Waals surface area contributed by atoms with E-state index < -0.39 is 6.61 Å². The molecule has 1 aromatic carbocycles. The van der Waals surface area contributed by atoms with Gasteiger partial charge in [-0.25, -0.2) is 0 Å². The van der Waals surface area contributed by atoms with Gasteiger partial charge in [-0.1, -0.05) is 12.1 Å². The van der Waals surface area contributed by atoms with Gasteiger partial charge in [-0.2, -0.15) is 25.5 Å². The average Bonchev–Trinajstić information content (AvgIpc) is 3.18. The van der Waals surface area contributed by atoms with Gasteiger partial charge in [0.25, 0.3) is 0 Å². The Kier molecular flexibility index (Phi) is 4.75. The summed E-state index contributed by atoms with van der Waals surface area (Å²) in [6, 6.07) is 6.10. The van der Waals surface area contributed by atoms with Crippen molar-refractivity contribution in [1.82, 2.24) is 15.2 Å². The third kappa shape index (κ3) is 3.98. The van der Waals surface area contributed by atoms with Gasteiger partial charge >= 0.3 is 6.61 Å². The molecule has 2 heterocycles. The highest BCUT2D eigenvalue weighted by atomic mass is 32.2. The van der Waals surface area contributed by atoms with E-state index >= 15 is 0 Å². The Bertz CT molecular complexity index is 689. The van der Waals surface area contributed by atoms with Crippen molar-refractivity contribution in [3.63, 3.8) is 0 Å². The highest BCUT2D eigenvalue weighted by Crippen LogP contribution is 2.25. The normalized spacial score (nSPS) is 17.4. The molecule has 0 bridgehead atoms. The molecule has 1 unspecified atom stereocenters. The number of hydrogen-bond acceptors (Lipinski definition) is 5. The van der Waals surface area contributed by atoms with Crippen LogP contribution in [-0.4, -0.2) is 39.2 Å². The molecule has 1 aromatic heterocycles. The molecule has 23 heavy (non-hydrogen) atoms. The number of aromatic nitrogens is 3. The minimum atomic E-state index is -2.89. The lowest BCUT2D eigenvalue weighted by Gasteiger charge is -2.06. The van der Waals surface area contributed by atoms with Crippen LogP contribution in [0, 0.1) is 5.92 Å². The van der Waals surface area contributed by atoms with E-state index in [9.17, 15) is 13.6 Å². The quantitative estimate of drug-likeness (QED) is 0.875. The van der Waals surface area contributed by atoms with Crippen LogP contribution < -0.4 is 10.1 Å². The van der Waals surface area contributed by atoms with Crippen LogP contribution in [0.2, 0.25) is 0 Å². The van der Waals surface area contributed by atoms with E-state index in [1.54, 1.807) is 23.9 Å². The number of nitrogens with one attached hydrogen (secondary N) is 2. The van der Waals surface area contributed by atoms with Crippen LogP contribution in [-0.2, 0) is 4.79 Å². The molecule has 122 valence electrons. The van der Waals surface area contributed by atoms with Crippen LogP contribution in [0.25, 0.3) is 11.4 Å². The Balaban J connectivity index is 1.70. The molecule has 0 saturated carbocycles. The molecule has 0 spiro atoms. The number of carbonyl (C=O) groups is 1. The highest BCUT2D eigenvalue weighted by molar-refractivity contribution is 7.99. The highest BCUT2D eigenvalue weighted by Gasteiger charge is 2.24. The summed E-state index contributed by atoms with van der Waals surface area (Å²) < 4.78 is 28.8. The van der Waals surface area contributed by atoms with Gasteiger partial charge in [0.1, 0.15) is 5.75 Å². The van der Waals surface area contributed by atoms with Crippen LogP contribution in [0.15, 0.2) is 24.3 Å². The number of thioether (sulfide) groups is 1. The maximum absolute atomic E-state index is 12.2. The summed E-state index contributed by atoms with van der Waals surface area (Å²) in [5.41, 5.74) is 0.535. The van der Waals surface area contributed by atoms with Gasteiger partial charge in [0.05, 0.1) is 0 Å². The summed E-state index contributed by atoms with van der Waals surface area (Å²) in [6.07, 6.45) is 0.848. The van der Waals surface area contributed by atoms with Gasteiger partial charge in [-0.05, 0) is 24.3 Å². The fourth-order valence-corrected chi connectivity index (χ4v) is 3.44. The van der Waals surface area contributed by atoms with Gasteiger partial charge in [0.2, 0.25) is 11.9 Å². The number of aromatic amines is 1. The van der Waals surface area contributed by atoms with E-state index in [0.29, 0.717) is 11.4 Å². The molecule has 0 radical (unpaired) electrons.